The zero-order chi connectivity index (χ0) is 14.0. The largest absolute Gasteiger partial charge is 0.477 e. The van der Waals surface area contributed by atoms with Gasteiger partial charge in [-0.1, -0.05) is 6.92 Å². The number of carbonyl (C=O) groups is 2. The van der Waals surface area contributed by atoms with Gasteiger partial charge in [0, 0.05) is 6.54 Å². The fourth-order valence-corrected chi connectivity index (χ4v) is 2.47. The third kappa shape index (κ3) is 3.66. The number of carboxylic acid groups (broad SMARTS) is 1. The number of carboxylic acids is 1. The van der Waals surface area contributed by atoms with Crippen LogP contribution in [0.3, 0.4) is 0 Å². The van der Waals surface area contributed by atoms with E-state index in [4.69, 9.17) is 5.11 Å². The second kappa shape index (κ2) is 5.16. The number of hydrogen-bond acceptors (Lipinski definition) is 4. The van der Waals surface area contributed by atoms with Gasteiger partial charge in [-0.2, -0.15) is 0 Å². The maximum atomic E-state index is 11.6. The van der Waals surface area contributed by atoms with Crippen molar-refractivity contribution in [3.63, 3.8) is 0 Å². The summed E-state index contributed by atoms with van der Waals surface area (Å²) in [5.41, 5.74) is 0.756. The van der Waals surface area contributed by atoms with Crippen LogP contribution in [0.2, 0.25) is 0 Å². The molecule has 0 aliphatic heterocycles. The van der Waals surface area contributed by atoms with E-state index in [1.807, 2.05) is 0 Å². The molecule has 0 spiro atoms. The molecular formula is C12H17N3O3S. The molecule has 1 aliphatic rings. The molecule has 1 aromatic heterocycles. The molecule has 1 fully saturated rings. The van der Waals surface area contributed by atoms with Gasteiger partial charge in [-0.3, -0.25) is 0 Å². The Kier molecular flexibility index (Phi) is 3.75. The van der Waals surface area contributed by atoms with Crippen LogP contribution < -0.4 is 10.6 Å². The standard InChI is InChI=1S/C12H17N3O3S/c1-7-9(10(16)17)19-8(15-7)5-13-11(18)14-6-12(2)3-4-12/h3-6H2,1-2H3,(H,16,17)(H2,13,14,18). The molecule has 3 N–H and O–H groups in total. The molecule has 1 saturated carbocycles. The van der Waals surface area contributed by atoms with Crippen molar-refractivity contribution in [2.75, 3.05) is 6.54 Å². The van der Waals surface area contributed by atoms with Crippen LogP contribution in [0.5, 0.6) is 0 Å². The fourth-order valence-electron chi connectivity index (χ4n) is 1.63. The molecule has 0 atom stereocenters. The average Bonchev–Trinajstić information content (AvgIpc) is 2.95. The van der Waals surface area contributed by atoms with E-state index in [1.54, 1.807) is 6.92 Å². The zero-order valence-electron chi connectivity index (χ0n) is 10.9. The molecule has 19 heavy (non-hydrogen) atoms. The Labute approximate surface area is 115 Å². The monoisotopic (exact) mass is 283 g/mol. The number of nitrogens with one attached hydrogen (secondary N) is 2. The Hall–Kier alpha value is -1.63. The summed E-state index contributed by atoms with van der Waals surface area (Å²) in [5, 5.41) is 15.0. The van der Waals surface area contributed by atoms with Crippen LogP contribution in [0.1, 0.15) is 40.1 Å². The van der Waals surface area contributed by atoms with Crippen LogP contribution in [0.25, 0.3) is 0 Å². The molecule has 7 heteroatoms. The van der Waals surface area contributed by atoms with E-state index in [9.17, 15) is 9.59 Å². The van der Waals surface area contributed by atoms with Gasteiger partial charge in [0.25, 0.3) is 0 Å². The lowest BCUT2D eigenvalue weighted by Gasteiger charge is -2.10. The minimum Gasteiger partial charge on any atom is -0.477 e. The summed E-state index contributed by atoms with van der Waals surface area (Å²) in [5.74, 6) is -0.979. The van der Waals surface area contributed by atoms with Gasteiger partial charge >= 0.3 is 12.0 Å². The highest BCUT2D eigenvalue weighted by Crippen LogP contribution is 2.43. The van der Waals surface area contributed by atoms with E-state index in [1.165, 1.54) is 0 Å². The Morgan fingerprint density at radius 1 is 1.42 bits per heavy atom. The molecule has 2 rings (SSSR count). The van der Waals surface area contributed by atoms with Crippen molar-refractivity contribution in [2.45, 2.75) is 33.2 Å². The number of aryl methyl sites for hydroxylation is 1. The number of nitrogens with zero attached hydrogens (tertiary/aromatic N) is 1. The smallest absolute Gasteiger partial charge is 0.347 e. The molecular weight excluding hydrogens is 266 g/mol. The third-order valence-electron chi connectivity index (χ3n) is 3.21. The Morgan fingerprint density at radius 2 is 2.11 bits per heavy atom. The van der Waals surface area contributed by atoms with Gasteiger partial charge in [0.15, 0.2) is 0 Å². The van der Waals surface area contributed by atoms with Gasteiger partial charge in [0.05, 0.1) is 12.2 Å². The van der Waals surface area contributed by atoms with Gasteiger partial charge < -0.3 is 15.7 Å². The molecule has 0 aromatic carbocycles. The molecule has 2 amide bonds. The summed E-state index contributed by atoms with van der Waals surface area (Å²) in [6.07, 6.45) is 2.31. The molecule has 0 radical (unpaired) electrons. The Bertz CT molecular complexity index is 508. The number of thiazole rings is 1. The van der Waals surface area contributed by atoms with Gasteiger partial charge in [-0.15, -0.1) is 11.3 Å². The van der Waals surface area contributed by atoms with Gasteiger partial charge in [0.2, 0.25) is 0 Å². The molecule has 1 aliphatic carbocycles. The lowest BCUT2D eigenvalue weighted by atomic mass is 10.1. The van der Waals surface area contributed by atoms with E-state index >= 15 is 0 Å². The van der Waals surface area contributed by atoms with Crippen molar-refractivity contribution in [1.82, 2.24) is 15.6 Å². The first-order valence-electron chi connectivity index (χ1n) is 6.11. The summed E-state index contributed by atoms with van der Waals surface area (Å²) >= 11 is 1.09. The highest BCUT2D eigenvalue weighted by atomic mass is 32.1. The van der Waals surface area contributed by atoms with Crippen LogP contribution in [0.4, 0.5) is 4.79 Å². The first kappa shape index (κ1) is 13.8. The normalized spacial score (nSPS) is 15.9. The Balaban J connectivity index is 1.79. The maximum absolute atomic E-state index is 11.6. The maximum Gasteiger partial charge on any atom is 0.347 e. The first-order valence-corrected chi connectivity index (χ1v) is 6.93. The summed E-state index contributed by atoms with van der Waals surface area (Å²) in [7, 11) is 0. The predicted octanol–water partition coefficient (Wildman–Crippen LogP) is 1.75. The first-order chi connectivity index (χ1) is 8.89. The molecule has 0 bridgehead atoms. The number of hydrogen-bond donors (Lipinski definition) is 3. The van der Waals surface area contributed by atoms with Crippen molar-refractivity contribution in [3.8, 4) is 0 Å². The predicted molar refractivity (Wildman–Crippen MR) is 71.4 cm³/mol. The summed E-state index contributed by atoms with van der Waals surface area (Å²) < 4.78 is 0. The molecule has 0 unspecified atom stereocenters. The van der Waals surface area contributed by atoms with Crippen LogP contribution >= 0.6 is 11.3 Å². The summed E-state index contributed by atoms with van der Waals surface area (Å²) in [6, 6.07) is -0.238. The summed E-state index contributed by atoms with van der Waals surface area (Å²) in [4.78, 5) is 26.8. The van der Waals surface area contributed by atoms with Crippen molar-refractivity contribution < 1.29 is 14.7 Å². The molecule has 6 nitrogen and oxygen atoms in total. The molecule has 1 aromatic rings. The highest BCUT2D eigenvalue weighted by Gasteiger charge is 2.37. The number of urea groups is 1. The van der Waals surface area contributed by atoms with Crippen molar-refractivity contribution in [2.24, 2.45) is 5.41 Å². The zero-order valence-corrected chi connectivity index (χ0v) is 11.8. The van der Waals surface area contributed by atoms with Crippen LogP contribution in [-0.4, -0.2) is 28.6 Å². The minimum absolute atomic E-state index is 0.225. The number of aromatic carboxylic acids is 1. The van der Waals surface area contributed by atoms with Gasteiger partial charge in [-0.25, -0.2) is 14.6 Å². The molecule has 0 saturated heterocycles. The van der Waals surface area contributed by atoms with Gasteiger partial charge in [0.1, 0.15) is 9.88 Å². The number of aromatic nitrogens is 1. The highest BCUT2D eigenvalue weighted by molar-refractivity contribution is 7.13. The number of rotatable bonds is 5. The second-order valence-electron chi connectivity index (χ2n) is 5.17. The van der Waals surface area contributed by atoms with Crippen molar-refractivity contribution in [3.05, 3.63) is 15.6 Å². The average molecular weight is 283 g/mol. The lowest BCUT2D eigenvalue weighted by Crippen LogP contribution is -2.37. The molecule has 1 heterocycles. The molecule has 104 valence electrons. The van der Waals surface area contributed by atoms with E-state index in [0.29, 0.717) is 17.2 Å². The third-order valence-corrected chi connectivity index (χ3v) is 4.36. The van der Waals surface area contributed by atoms with Crippen LogP contribution in [0.15, 0.2) is 0 Å². The van der Waals surface area contributed by atoms with E-state index in [0.717, 1.165) is 24.2 Å². The number of amides is 2. The fraction of sp³-hybridized carbons (Fsp3) is 0.583. The summed E-state index contributed by atoms with van der Waals surface area (Å²) in [6.45, 7) is 4.71. The van der Waals surface area contributed by atoms with E-state index in [-0.39, 0.29) is 22.9 Å². The quantitative estimate of drug-likeness (QED) is 0.767. The van der Waals surface area contributed by atoms with Crippen molar-refractivity contribution >= 4 is 23.3 Å². The minimum atomic E-state index is -0.979. The number of carbonyl (C=O) groups excluding carboxylic acids is 1. The Morgan fingerprint density at radius 3 is 2.63 bits per heavy atom. The van der Waals surface area contributed by atoms with E-state index < -0.39 is 5.97 Å². The van der Waals surface area contributed by atoms with Crippen LogP contribution in [-0.2, 0) is 6.54 Å². The SMILES string of the molecule is Cc1nc(CNC(=O)NCC2(C)CC2)sc1C(=O)O. The lowest BCUT2D eigenvalue weighted by molar-refractivity contribution is 0.0701. The van der Waals surface area contributed by atoms with Crippen LogP contribution in [0, 0.1) is 12.3 Å². The van der Waals surface area contributed by atoms with E-state index in [2.05, 4.69) is 22.5 Å². The second-order valence-corrected chi connectivity index (χ2v) is 6.26. The topological polar surface area (TPSA) is 91.3 Å². The van der Waals surface area contributed by atoms with Crippen molar-refractivity contribution in [1.29, 1.82) is 0 Å². The van der Waals surface area contributed by atoms with Gasteiger partial charge in [-0.05, 0) is 25.2 Å².